The number of benzene rings is 3. The number of aliphatic hydroxyl groups excluding tert-OH is 2. The van der Waals surface area contributed by atoms with Gasteiger partial charge in [0.2, 0.25) is 0 Å². The summed E-state index contributed by atoms with van der Waals surface area (Å²) < 4.78 is 21.2. The minimum atomic E-state index is -1.21. The predicted molar refractivity (Wildman–Crippen MR) is 184 cm³/mol. The minimum absolute atomic E-state index is 0. The first-order valence-electron chi connectivity index (χ1n) is 15.7. The molecule has 2 atom stereocenters. The maximum atomic E-state index is 14.3. The van der Waals surface area contributed by atoms with Crippen molar-refractivity contribution < 1.29 is 38.8 Å². The number of aliphatic hydroxyl groups is 2. The van der Waals surface area contributed by atoms with Gasteiger partial charge in [-0.15, -0.1) is 0 Å². The number of hydrogen-bond acceptors (Lipinski definition) is 6. The molecule has 4 rings (SSSR count). The van der Waals surface area contributed by atoms with E-state index in [9.17, 15) is 29.0 Å². The SMILES string of the molecule is CCOC(=O)c1cccc(CNC(=O)c2c(-c3ccccc3)c(-c3ccc(F)cc3)c(CC[C@@H](O)C[C@@H](O)CC(=O)O)n2C(C)C)c1.[NaH]. The number of nitrogens with zero attached hydrogens (tertiary/aromatic N) is 1. The molecule has 0 saturated carbocycles. The maximum absolute atomic E-state index is 14.3. The van der Waals surface area contributed by atoms with Gasteiger partial charge in [-0.2, -0.15) is 0 Å². The Bertz CT molecular complexity index is 1690. The normalized spacial score (nSPS) is 12.2. The first-order chi connectivity index (χ1) is 22.5. The second kappa shape index (κ2) is 18.1. The third kappa shape index (κ3) is 9.87. The van der Waals surface area contributed by atoms with E-state index >= 15 is 0 Å². The van der Waals surface area contributed by atoms with Crippen molar-refractivity contribution in [1.82, 2.24) is 9.88 Å². The quantitative estimate of drug-likeness (QED) is 0.0967. The molecule has 0 unspecified atom stereocenters. The van der Waals surface area contributed by atoms with Crippen LogP contribution in [0.15, 0.2) is 78.9 Å². The Morgan fingerprint density at radius 2 is 1.56 bits per heavy atom. The van der Waals surface area contributed by atoms with Crippen LogP contribution in [0.4, 0.5) is 4.39 Å². The molecule has 48 heavy (non-hydrogen) atoms. The fourth-order valence-corrected chi connectivity index (χ4v) is 5.80. The molecular weight excluding hydrogens is 626 g/mol. The van der Waals surface area contributed by atoms with E-state index in [0.29, 0.717) is 33.5 Å². The average Bonchev–Trinajstić information content (AvgIpc) is 3.39. The van der Waals surface area contributed by atoms with E-state index in [1.165, 1.54) is 12.1 Å². The van der Waals surface area contributed by atoms with Crippen LogP contribution in [0.3, 0.4) is 0 Å². The molecule has 0 aliphatic rings. The number of halogens is 1. The Hall–Kier alpha value is -3.80. The first-order valence-corrected chi connectivity index (χ1v) is 15.7. The summed E-state index contributed by atoms with van der Waals surface area (Å²) in [5.74, 6) is -2.39. The molecule has 9 nitrogen and oxygen atoms in total. The molecule has 1 aromatic heterocycles. The molecule has 0 fully saturated rings. The van der Waals surface area contributed by atoms with E-state index < -0.39 is 36.4 Å². The second-order valence-corrected chi connectivity index (χ2v) is 11.7. The van der Waals surface area contributed by atoms with Crippen molar-refractivity contribution in [2.24, 2.45) is 0 Å². The van der Waals surface area contributed by atoms with Crippen molar-refractivity contribution >= 4 is 47.4 Å². The number of carboxylic acid groups (broad SMARTS) is 1. The van der Waals surface area contributed by atoms with Gasteiger partial charge in [0.25, 0.3) is 5.91 Å². The molecule has 4 aromatic rings. The van der Waals surface area contributed by atoms with Crippen molar-refractivity contribution in [3.63, 3.8) is 0 Å². The Labute approximate surface area is 302 Å². The summed E-state index contributed by atoms with van der Waals surface area (Å²) >= 11 is 0. The van der Waals surface area contributed by atoms with Gasteiger partial charge >= 0.3 is 41.5 Å². The van der Waals surface area contributed by atoms with E-state index in [1.807, 2.05) is 48.7 Å². The van der Waals surface area contributed by atoms with Crippen LogP contribution in [-0.2, 0) is 22.5 Å². The van der Waals surface area contributed by atoms with Crippen molar-refractivity contribution in [2.75, 3.05) is 6.61 Å². The van der Waals surface area contributed by atoms with E-state index in [0.717, 1.165) is 11.3 Å². The van der Waals surface area contributed by atoms with Crippen LogP contribution in [0.25, 0.3) is 22.3 Å². The number of carbonyl (C=O) groups is 3. The molecule has 11 heteroatoms. The van der Waals surface area contributed by atoms with Gasteiger partial charge in [0.05, 0.1) is 30.8 Å². The van der Waals surface area contributed by atoms with Crippen molar-refractivity contribution in [3.8, 4) is 22.3 Å². The number of rotatable bonds is 15. The van der Waals surface area contributed by atoms with E-state index in [1.54, 1.807) is 43.3 Å². The molecular formula is C37H42FN2NaO7. The van der Waals surface area contributed by atoms with Crippen LogP contribution in [0.1, 0.15) is 78.2 Å². The predicted octanol–water partition coefficient (Wildman–Crippen LogP) is 5.52. The van der Waals surface area contributed by atoms with Gasteiger partial charge in [0.1, 0.15) is 11.5 Å². The third-order valence-corrected chi connectivity index (χ3v) is 7.79. The van der Waals surface area contributed by atoms with Gasteiger partial charge < -0.3 is 29.9 Å². The number of hydrogen-bond donors (Lipinski definition) is 4. The fraction of sp³-hybridized carbons (Fsp3) is 0.324. The molecule has 0 aliphatic heterocycles. The molecule has 0 bridgehead atoms. The van der Waals surface area contributed by atoms with Gasteiger partial charge in [-0.3, -0.25) is 9.59 Å². The molecule has 0 saturated heterocycles. The number of ether oxygens (including phenoxy) is 1. The third-order valence-electron chi connectivity index (χ3n) is 7.79. The number of nitrogens with one attached hydrogen (secondary N) is 1. The van der Waals surface area contributed by atoms with Crippen LogP contribution in [0.2, 0.25) is 0 Å². The summed E-state index contributed by atoms with van der Waals surface area (Å²) in [5, 5.41) is 33.0. The van der Waals surface area contributed by atoms with Crippen LogP contribution in [0.5, 0.6) is 0 Å². The molecule has 0 aliphatic carbocycles. The van der Waals surface area contributed by atoms with E-state index in [-0.39, 0.29) is 73.9 Å². The van der Waals surface area contributed by atoms with Crippen LogP contribution in [-0.4, -0.2) is 86.1 Å². The summed E-state index contributed by atoms with van der Waals surface area (Å²) in [5.41, 5.74) is 4.97. The zero-order valence-corrected chi connectivity index (χ0v) is 26.8. The number of aromatic nitrogens is 1. The van der Waals surface area contributed by atoms with Crippen molar-refractivity contribution in [3.05, 3.63) is 107 Å². The van der Waals surface area contributed by atoms with E-state index in [4.69, 9.17) is 9.84 Å². The van der Waals surface area contributed by atoms with Crippen LogP contribution < -0.4 is 5.32 Å². The zero-order valence-electron chi connectivity index (χ0n) is 26.8. The number of aliphatic carboxylic acids is 1. The van der Waals surface area contributed by atoms with Crippen molar-refractivity contribution in [1.29, 1.82) is 0 Å². The van der Waals surface area contributed by atoms with Crippen molar-refractivity contribution in [2.45, 2.75) is 71.2 Å². The monoisotopic (exact) mass is 668 g/mol. The Balaban J connectivity index is 0.00000625. The molecule has 4 N–H and O–H groups in total. The topological polar surface area (TPSA) is 138 Å². The summed E-state index contributed by atoms with van der Waals surface area (Å²) in [4.78, 5) is 37.6. The molecule has 250 valence electrons. The second-order valence-electron chi connectivity index (χ2n) is 11.7. The molecule has 0 spiro atoms. The Kier molecular flexibility index (Phi) is 14.6. The van der Waals surface area contributed by atoms with Gasteiger partial charge in [-0.05, 0) is 81.0 Å². The molecule has 1 heterocycles. The Morgan fingerprint density at radius 3 is 2.19 bits per heavy atom. The standard InChI is InChI=1S/C37H41FN2O7.Na.H/c1-4-47-37(46)27-12-8-9-24(19-27)22-39-36(45)35-34(25-10-6-5-7-11-25)33(26-13-15-28(38)16-14-26)31(40(35)23(2)3)18-17-29(41)20-30(42)21-32(43)44;;/h5-16,19,23,29-30,41-42H,4,17-18,20-22H2,1-3H3,(H,39,45)(H,43,44);;/t29-,30-;;/m1../s1. The molecule has 1 amide bonds. The summed E-state index contributed by atoms with van der Waals surface area (Å²) in [7, 11) is 0. The molecule has 3 aromatic carbocycles. The molecule has 0 radical (unpaired) electrons. The van der Waals surface area contributed by atoms with Gasteiger partial charge in [-0.25, -0.2) is 9.18 Å². The van der Waals surface area contributed by atoms with Crippen LogP contribution in [0, 0.1) is 5.82 Å². The number of carboxylic acids is 1. The number of carbonyl (C=O) groups excluding carboxylic acids is 2. The first kappa shape index (κ1) is 38.6. The van der Waals surface area contributed by atoms with Gasteiger partial charge in [-0.1, -0.05) is 54.6 Å². The average molecular weight is 669 g/mol. The summed E-state index contributed by atoms with van der Waals surface area (Å²) in [6.07, 6.45) is -2.36. The van der Waals surface area contributed by atoms with Gasteiger partial charge in [0, 0.05) is 29.4 Å². The van der Waals surface area contributed by atoms with Crippen LogP contribution >= 0.6 is 0 Å². The summed E-state index contributed by atoms with van der Waals surface area (Å²) in [6.45, 7) is 5.99. The van der Waals surface area contributed by atoms with Gasteiger partial charge in [0.15, 0.2) is 0 Å². The Morgan fingerprint density at radius 1 is 0.896 bits per heavy atom. The summed E-state index contributed by atoms with van der Waals surface area (Å²) in [6, 6.07) is 22.1. The number of amides is 1. The van der Waals surface area contributed by atoms with E-state index in [2.05, 4.69) is 5.32 Å². The zero-order chi connectivity index (χ0) is 34.1. The fourth-order valence-electron chi connectivity index (χ4n) is 5.80. The number of esters is 1.